The molecule has 0 saturated carbocycles. The predicted octanol–water partition coefficient (Wildman–Crippen LogP) is 3.84. The standard InChI is InChI=1S/C17H14F3N3OS/c18-17(19,20)13-6-7-22-8-12(13)15(24)16-23(14(21)10-25-16)9-11-4-2-1-3-5-11/h1-8,16,21H,9-10H2. The smallest absolute Gasteiger partial charge is 0.336 e. The second-order valence-corrected chi connectivity index (χ2v) is 6.58. The normalized spacial score (nSPS) is 17.8. The van der Waals surface area contributed by atoms with Crippen LogP contribution in [0.3, 0.4) is 0 Å². The van der Waals surface area contributed by atoms with Crippen molar-refractivity contribution in [2.24, 2.45) is 0 Å². The summed E-state index contributed by atoms with van der Waals surface area (Å²) in [7, 11) is 0. The fourth-order valence-electron chi connectivity index (χ4n) is 2.62. The molecule has 1 unspecified atom stereocenters. The highest BCUT2D eigenvalue weighted by molar-refractivity contribution is 8.01. The molecular weight excluding hydrogens is 351 g/mol. The van der Waals surface area contributed by atoms with Crippen molar-refractivity contribution in [3.05, 3.63) is 65.5 Å². The van der Waals surface area contributed by atoms with Gasteiger partial charge in [-0.25, -0.2) is 0 Å². The lowest BCUT2D eigenvalue weighted by atomic mass is 10.1. The first-order chi connectivity index (χ1) is 11.9. The highest BCUT2D eigenvalue weighted by atomic mass is 32.2. The Kier molecular flexibility index (Phi) is 4.80. The number of rotatable bonds is 4. The van der Waals surface area contributed by atoms with Crippen molar-refractivity contribution in [1.29, 1.82) is 5.41 Å². The zero-order chi connectivity index (χ0) is 18.0. The number of hydrogen-bond donors (Lipinski definition) is 1. The van der Waals surface area contributed by atoms with E-state index in [2.05, 4.69) is 4.98 Å². The van der Waals surface area contributed by atoms with Gasteiger partial charge in [0.25, 0.3) is 0 Å². The molecule has 0 bridgehead atoms. The van der Waals surface area contributed by atoms with Crippen molar-refractivity contribution in [3.8, 4) is 0 Å². The minimum atomic E-state index is -4.63. The van der Waals surface area contributed by atoms with E-state index in [-0.39, 0.29) is 11.6 Å². The average Bonchev–Trinajstić information content (AvgIpc) is 2.95. The van der Waals surface area contributed by atoms with Gasteiger partial charge in [-0.3, -0.25) is 15.2 Å². The van der Waals surface area contributed by atoms with Crippen molar-refractivity contribution in [2.45, 2.75) is 18.1 Å². The number of amidine groups is 1. The zero-order valence-corrected chi connectivity index (χ0v) is 13.8. The third-order valence-electron chi connectivity index (χ3n) is 3.82. The third kappa shape index (κ3) is 3.68. The molecule has 1 saturated heterocycles. The molecule has 1 N–H and O–H groups in total. The van der Waals surface area contributed by atoms with Crippen LogP contribution in [0.1, 0.15) is 21.5 Å². The minimum absolute atomic E-state index is 0.227. The van der Waals surface area contributed by atoms with Crippen molar-refractivity contribution >= 4 is 23.4 Å². The van der Waals surface area contributed by atoms with Gasteiger partial charge in [-0.2, -0.15) is 13.2 Å². The highest BCUT2D eigenvalue weighted by Gasteiger charge is 2.40. The summed E-state index contributed by atoms with van der Waals surface area (Å²) in [6.45, 7) is 0.296. The second-order valence-electron chi connectivity index (χ2n) is 5.51. The number of carbonyl (C=O) groups is 1. The Bertz CT molecular complexity index is 795. The van der Waals surface area contributed by atoms with Crippen molar-refractivity contribution < 1.29 is 18.0 Å². The molecule has 1 aliphatic rings. The Hall–Kier alpha value is -2.35. The molecule has 0 aliphatic carbocycles. The number of benzene rings is 1. The third-order valence-corrected chi connectivity index (χ3v) is 5.04. The summed E-state index contributed by atoms with van der Waals surface area (Å²) in [5.41, 5.74) is -0.568. The van der Waals surface area contributed by atoms with E-state index in [0.29, 0.717) is 6.54 Å². The molecule has 3 rings (SSSR count). The maximum atomic E-state index is 13.2. The molecule has 2 aromatic rings. The summed E-state index contributed by atoms with van der Waals surface area (Å²) < 4.78 is 39.5. The number of aromatic nitrogens is 1. The van der Waals surface area contributed by atoms with Gasteiger partial charge in [0.2, 0.25) is 0 Å². The molecule has 4 nitrogen and oxygen atoms in total. The number of nitrogens with zero attached hydrogens (tertiary/aromatic N) is 2. The zero-order valence-electron chi connectivity index (χ0n) is 13.0. The number of thioether (sulfide) groups is 1. The van der Waals surface area contributed by atoms with E-state index in [0.717, 1.165) is 35.8 Å². The molecule has 0 spiro atoms. The van der Waals surface area contributed by atoms with Gasteiger partial charge < -0.3 is 4.90 Å². The first-order valence-electron chi connectivity index (χ1n) is 7.43. The summed E-state index contributed by atoms with van der Waals surface area (Å²) in [4.78, 5) is 18.0. The number of nitrogens with one attached hydrogen (secondary N) is 1. The van der Waals surface area contributed by atoms with Crippen LogP contribution in [-0.4, -0.2) is 32.6 Å². The lowest BCUT2D eigenvalue weighted by Gasteiger charge is -2.25. The van der Waals surface area contributed by atoms with Crippen LogP contribution in [0.5, 0.6) is 0 Å². The second kappa shape index (κ2) is 6.87. The van der Waals surface area contributed by atoms with Crippen molar-refractivity contribution in [2.75, 3.05) is 5.75 Å². The summed E-state index contributed by atoms with van der Waals surface area (Å²) in [5.74, 6) is -0.168. The molecule has 0 radical (unpaired) electrons. The molecular formula is C17H14F3N3OS. The molecule has 1 aliphatic heterocycles. The average molecular weight is 365 g/mol. The lowest BCUT2D eigenvalue weighted by molar-refractivity contribution is -0.138. The number of alkyl halides is 3. The number of halogens is 3. The Labute approximate surface area is 146 Å². The monoisotopic (exact) mass is 365 g/mol. The highest BCUT2D eigenvalue weighted by Crippen LogP contribution is 2.35. The van der Waals surface area contributed by atoms with E-state index in [4.69, 9.17) is 5.41 Å². The summed E-state index contributed by atoms with van der Waals surface area (Å²) in [6, 6.07) is 10.0. The van der Waals surface area contributed by atoms with Crippen LogP contribution in [0.25, 0.3) is 0 Å². The van der Waals surface area contributed by atoms with Gasteiger partial charge in [0.05, 0.1) is 16.9 Å². The van der Waals surface area contributed by atoms with E-state index in [9.17, 15) is 18.0 Å². The molecule has 8 heteroatoms. The molecule has 2 heterocycles. The van der Waals surface area contributed by atoms with Gasteiger partial charge in [-0.1, -0.05) is 30.3 Å². The largest absolute Gasteiger partial charge is 0.417 e. The number of hydrogen-bond acceptors (Lipinski definition) is 4. The number of Topliss-reactive ketones (excluding diaryl/α,β-unsaturated/α-hetero) is 1. The summed E-state index contributed by atoms with van der Waals surface area (Å²) in [5, 5.41) is 7.17. The maximum absolute atomic E-state index is 13.2. The van der Waals surface area contributed by atoms with Gasteiger partial charge >= 0.3 is 6.18 Å². The van der Waals surface area contributed by atoms with E-state index < -0.39 is 28.5 Å². The van der Waals surface area contributed by atoms with Crippen LogP contribution in [-0.2, 0) is 12.7 Å². The van der Waals surface area contributed by atoms with Gasteiger partial charge in [0.1, 0.15) is 11.2 Å². The van der Waals surface area contributed by atoms with Crippen molar-refractivity contribution in [1.82, 2.24) is 9.88 Å². The Balaban J connectivity index is 1.90. The molecule has 1 atom stereocenters. The van der Waals surface area contributed by atoms with Crippen LogP contribution in [0.15, 0.2) is 48.8 Å². The minimum Gasteiger partial charge on any atom is -0.336 e. The van der Waals surface area contributed by atoms with Crippen LogP contribution in [0, 0.1) is 5.41 Å². The molecule has 1 fully saturated rings. The first kappa shape index (κ1) is 17.5. The van der Waals surface area contributed by atoms with Crippen LogP contribution in [0.2, 0.25) is 0 Å². The molecule has 1 aromatic carbocycles. The van der Waals surface area contributed by atoms with Crippen LogP contribution >= 0.6 is 11.8 Å². The molecule has 130 valence electrons. The maximum Gasteiger partial charge on any atom is 0.417 e. The summed E-state index contributed by atoms with van der Waals surface area (Å²) >= 11 is 1.16. The van der Waals surface area contributed by atoms with E-state index >= 15 is 0 Å². The Morgan fingerprint density at radius 1 is 1.28 bits per heavy atom. The van der Waals surface area contributed by atoms with Crippen molar-refractivity contribution in [3.63, 3.8) is 0 Å². The molecule has 0 amide bonds. The van der Waals surface area contributed by atoms with E-state index in [1.165, 1.54) is 4.90 Å². The first-order valence-corrected chi connectivity index (χ1v) is 8.48. The van der Waals surface area contributed by atoms with Crippen LogP contribution in [0.4, 0.5) is 13.2 Å². The lowest BCUT2D eigenvalue weighted by Crippen LogP contribution is -2.37. The fourth-order valence-corrected chi connectivity index (χ4v) is 3.76. The topological polar surface area (TPSA) is 57.1 Å². The quantitative estimate of drug-likeness (QED) is 0.837. The number of carbonyl (C=O) groups excluding carboxylic acids is 1. The van der Waals surface area contributed by atoms with Gasteiger partial charge in [-0.05, 0) is 11.6 Å². The van der Waals surface area contributed by atoms with Gasteiger partial charge in [-0.15, -0.1) is 11.8 Å². The van der Waals surface area contributed by atoms with Gasteiger partial charge in [0.15, 0.2) is 5.78 Å². The van der Waals surface area contributed by atoms with Gasteiger partial charge in [0, 0.05) is 18.9 Å². The Morgan fingerprint density at radius 3 is 2.68 bits per heavy atom. The molecule has 1 aromatic heterocycles. The molecule has 25 heavy (non-hydrogen) atoms. The Morgan fingerprint density at radius 2 is 2.00 bits per heavy atom. The fraction of sp³-hybridized carbons (Fsp3) is 0.235. The number of pyridine rings is 1. The SMILES string of the molecule is N=C1CSC(C(=O)c2cnccc2C(F)(F)F)N1Cc1ccccc1. The predicted molar refractivity (Wildman–Crippen MR) is 89.5 cm³/mol. The summed E-state index contributed by atoms with van der Waals surface area (Å²) in [6.07, 6.45) is -2.66. The van der Waals surface area contributed by atoms with E-state index in [1.807, 2.05) is 30.3 Å². The number of ketones is 1. The van der Waals surface area contributed by atoms with Crippen LogP contribution < -0.4 is 0 Å². The van der Waals surface area contributed by atoms with E-state index in [1.54, 1.807) is 0 Å².